The molecular weight excluding hydrogens is 324 g/mol. The highest BCUT2D eigenvalue weighted by Gasteiger charge is 2.06. The Bertz CT molecular complexity index is 325. The van der Waals surface area contributed by atoms with Gasteiger partial charge in [0.1, 0.15) is 0 Å². The maximum absolute atomic E-state index is 9.24. The number of alkyl halides is 1. The fourth-order valence-electron chi connectivity index (χ4n) is 0.948. The maximum Gasteiger partial charge on any atom is 0.0847 e. The van der Waals surface area contributed by atoms with Gasteiger partial charge in [-0.15, -0.1) is 11.6 Å². The molecule has 0 aliphatic heterocycles. The molecule has 0 bridgehead atoms. The summed E-state index contributed by atoms with van der Waals surface area (Å²) in [6.45, 7) is 0.359. The summed E-state index contributed by atoms with van der Waals surface area (Å²) in [5.41, 5.74) is 0.748. The molecule has 1 aromatic carbocycles. The van der Waals surface area contributed by atoms with Crippen LogP contribution in [0.5, 0.6) is 0 Å². The minimum absolute atomic E-state index is 0.186. The van der Waals surface area contributed by atoms with E-state index >= 15 is 0 Å². The Morgan fingerprint density at radius 3 is 2.33 bits per heavy atom. The lowest BCUT2D eigenvalue weighted by atomic mass is 10.3. The second kappa shape index (κ2) is 6.16. The van der Waals surface area contributed by atoms with Crippen molar-refractivity contribution < 1.29 is 5.11 Å². The van der Waals surface area contributed by atoms with Crippen LogP contribution >= 0.6 is 50.7 Å². The molecule has 1 atom stereocenters. The number of halogens is 4. The van der Waals surface area contributed by atoms with Crippen LogP contribution in [0.2, 0.25) is 10.0 Å². The highest BCUT2D eigenvalue weighted by atomic mass is 79.9. The average Bonchev–Trinajstić information content (AvgIpc) is 2.22. The van der Waals surface area contributed by atoms with Gasteiger partial charge >= 0.3 is 0 Å². The third kappa shape index (κ3) is 4.00. The third-order valence-corrected chi connectivity index (χ3v) is 3.97. The zero-order valence-electron chi connectivity index (χ0n) is 7.61. The van der Waals surface area contributed by atoms with Crippen molar-refractivity contribution in [2.75, 3.05) is 17.7 Å². The molecule has 0 aromatic heterocycles. The van der Waals surface area contributed by atoms with Crippen molar-refractivity contribution in [3.63, 3.8) is 0 Å². The largest absolute Gasteiger partial charge is 0.390 e. The number of anilines is 1. The van der Waals surface area contributed by atoms with Gasteiger partial charge in [-0.1, -0.05) is 23.2 Å². The van der Waals surface area contributed by atoms with Gasteiger partial charge in [0, 0.05) is 12.2 Å². The van der Waals surface area contributed by atoms with E-state index in [9.17, 15) is 5.11 Å². The minimum atomic E-state index is -0.590. The molecule has 6 heteroatoms. The average molecular weight is 333 g/mol. The minimum Gasteiger partial charge on any atom is -0.390 e. The molecule has 0 aliphatic rings. The molecule has 84 valence electrons. The Morgan fingerprint density at radius 1 is 1.33 bits per heavy atom. The van der Waals surface area contributed by atoms with Crippen LogP contribution < -0.4 is 5.32 Å². The normalized spacial score (nSPS) is 12.6. The van der Waals surface area contributed by atoms with Crippen LogP contribution in [0.4, 0.5) is 5.69 Å². The van der Waals surface area contributed by atoms with Crippen molar-refractivity contribution in [3.05, 3.63) is 26.7 Å². The standard InChI is InChI=1S/C9H9BrCl3NO/c10-9-7(12)1-5(2-8(9)13)14-4-6(15)3-11/h1-2,6,14-15H,3-4H2. The van der Waals surface area contributed by atoms with Crippen LogP contribution in [0.25, 0.3) is 0 Å². The fraction of sp³-hybridized carbons (Fsp3) is 0.333. The Balaban J connectivity index is 2.70. The van der Waals surface area contributed by atoms with E-state index in [1.54, 1.807) is 12.1 Å². The number of hydrogen-bond donors (Lipinski definition) is 2. The zero-order valence-corrected chi connectivity index (χ0v) is 11.5. The summed E-state index contributed by atoms with van der Waals surface area (Å²) in [6.07, 6.45) is -0.590. The SMILES string of the molecule is OC(CCl)CNc1cc(Cl)c(Br)c(Cl)c1. The molecule has 0 radical (unpaired) electrons. The van der Waals surface area contributed by atoms with E-state index in [0.29, 0.717) is 21.1 Å². The van der Waals surface area contributed by atoms with E-state index < -0.39 is 6.10 Å². The molecule has 0 spiro atoms. The summed E-state index contributed by atoms with van der Waals surface area (Å²) in [6, 6.07) is 3.44. The molecule has 0 saturated carbocycles. The molecular formula is C9H9BrCl3NO. The van der Waals surface area contributed by atoms with Crippen molar-refractivity contribution in [3.8, 4) is 0 Å². The summed E-state index contributed by atoms with van der Waals surface area (Å²) in [5, 5.41) is 13.3. The molecule has 0 fully saturated rings. The van der Waals surface area contributed by atoms with Gasteiger partial charge in [-0.3, -0.25) is 0 Å². The summed E-state index contributed by atoms with van der Waals surface area (Å²) in [7, 11) is 0. The Morgan fingerprint density at radius 2 is 1.87 bits per heavy atom. The fourth-order valence-corrected chi connectivity index (χ4v) is 1.77. The summed E-state index contributed by atoms with van der Waals surface area (Å²) >= 11 is 20.5. The second-order valence-electron chi connectivity index (χ2n) is 2.94. The lowest BCUT2D eigenvalue weighted by molar-refractivity contribution is 0.211. The first-order valence-corrected chi connectivity index (χ1v) is 6.25. The van der Waals surface area contributed by atoms with Crippen LogP contribution in [0.15, 0.2) is 16.6 Å². The third-order valence-electron chi connectivity index (χ3n) is 1.70. The Hall–Kier alpha value is 0.330. The smallest absolute Gasteiger partial charge is 0.0847 e. The summed E-state index contributed by atoms with van der Waals surface area (Å²) in [5.74, 6) is 0.186. The first kappa shape index (κ1) is 13.4. The van der Waals surface area contributed by atoms with Crippen LogP contribution in [0.1, 0.15) is 0 Å². The van der Waals surface area contributed by atoms with Gasteiger partial charge in [0.25, 0.3) is 0 Å². The van der Waals surface area contributed by atoms with Crippen LogP contribution in [0.3, 0.4) is 0 Å². The van der Waals surface area contributed by atoms with Gasteiger partial charge in [0.05, 0.1) is 26.5 Å². The predicted molar refractivity (Wildman–Crippen MR) is 69.4 cm³/mol. The molecule has 1 rings (SSSR count). The molecule has 15 heavy (non-hydrogen) atoms. The highest BCUT2D eigenvalue weighted by Crippen LogP contribution is 2.33. The van der Waals surface area contributed by atoms with E-state index in [4.69, 9.17) is 34.8 Å². The predicted octanol–water partition coefficient (Wildman–Crippen LogP) is 3.77. The number of aliphatic hydroxyl groups excluding tert-OH is 1. The molecule has 2 nitrogen and oxygen atoms in total. The number of hydrogen-bond acceptors (Lipinski definition) is 2. The lowest BCUT2D eigenvalue weighted by Gasteiger charge is -2.11. The zero-order chi connectivity index (χ0) is 11.4. The first-order valence-electron chi connectivity index (χ1n) is 4.17. The molecule has 0 amide bonds. The van der Waals surface area contributed by atoms with E-state index in [-0.39, 0.29) is 5.88 Å². The second-order valence-corrected chi connectivity index (χ2v) is 4.86. The van der Waals surface area contributed by atoms with Crippen molar-refractivity contribution in [2.24, 2.45) is 0 Å². The van der Waals surface area contributed by atoms with Gasteiger partial charge in [-0.05, 0) is 28.1 Å². The molecule has 0 saturated heterocycles. The maximum atomic E-state index is 9.24. The van der Waals surface area contributed by atoms with Gasteiger partial charge in [-0.2, -0.15) is 0 Å². The highest BCUT2D eigenvalue weighted by molar-refractivity contribution is 9.10. The lowest BCUT2D eigenvalue weighted by Crippen LogP contribution is -2.20. The molecule has 2 N–H and O–H groups in total. The number of benzene rings is 1. The van der Waals surface area contributed by atoms with Gasteiger partial charge in [0.15, 0.2) is 0 Å². The van der Waals surface area contributed by atoms with E-state index in [1.165, 1.54) is 0 Å². The Kier molecular flexibility index (Phi) is 5.50. The van der Waals surface area contributed by atoms with E-state index in [0.717, 1.165) is 5.69 Å². The van der Waals surface area contributed by atoms with Crippen LogP contribution in [-0.2, 0) is 0 Å². The number of aliphatic hydroxyl groups is 1. The van der Waals surface area contributed by atoms with Gasteiger partial charge < -0.3 is 10.4 Å². The Labute approximate surface area is 112 Å². The van der Waals surface area contributed by atoms with E-state index in [1.807, 2.05) is 0 Å². The van der Waals surface area contributed by atoms with Crippen molar-refractivity contribution in [2.45, 2.75) is 6.10 Å². The molecule has 1 unspecified atom stereocenters. The monoisotopic (exact) mass is 331 g/mol. The first-order chi connectivity index (χ1) is 7.04. The quantitative estimate of drug-likeness (QED) is 0.649. The molecule has 0 aliphatic carbocycles. The van der Waals surface area contributed by atoms with Gasteiger partial charge in [-0.25, -0.2) is 0 Å². The van der Waals surface area contributed by atoms with Crippen molar-refractivity contribution >= 4 is 56.4 Å². The molecule has 0 heterocycles. The van der Waals surface area contributed by atoms with Crippen LogP contribution in [-0.4, -0.2) is 23.6 Å². The van der Waals surface area contributed by atoms with Gasteiger partial charge in [0.2, 0.25) is 0 Å². The number of nitrogens with one attached hydrogen (secondary N) is 1. The summed E-state index contributed by atoms with van der Waals surface area (Å²) < 4.78 is 0.661. The van der Waals surface area contributed by atoms with Crippen molar-refractivity contribution in [1.29, 1.82) is 0 Å². The van der Waals surface area contributed by atoms with Crippen molar-refractivity contribution in [1.82, 2.24) is 0 Å². The summed E-state index contributed by atoms with van der Waals surface area (Å²) in [4.78, 5) is 0. The topological polar surface area (TPSA) is 32.3 Å². The van der Waals surface area contributed by atoms with Crippen LogP contribution in [0, 0.1) is 0 Å². The number of rotatable bonds is 4. The van der Waals surface area contributed by atoms with E-state index in [2.05, 4.69) is 21.2 Å². The molecule has 1 aromatic rings.